The highest BCUT2D eigenvalue weighted by Crippen LogP contribution is 2.21. The lowest BCUT2D eigenvalue weighted by Crippen LogP contribution is -2.35. The third kappa shape index (κ3) is 4.94. The fraction of sp³-hybridized carbons (Fsp3) is 0.222. The third-order valence-corrected chi connectivity index (χ3v) is 6.30. The number of anilines is 1. The first-order chi connectivity index (χ1) is 12.5. The Hall–Kier alpha value is -2.23. The fourth-order valence-corrected chi connectivity index (χ4v) is 4.08. The van der Waals surface area contributed by atoms with Gasteiger partial charge in [0.2, 0.25) is 21.8 Å². The van der Waals surface area contributed by atoms with Crippen molar-refractivity contribution in [2.45, 2.75) is 18.7 Å². The zero-order valence-electron chi connectivity index (χ0n) is 15.1. The summed E-state index contributed by atoms with van der Waals surface area (Å²) < 4.78 is 27.2. The van der Waals surface area contributed by atoms with Crippen LogP contribution in [-0.4, -0.2) is 38.1 Å². The van der Waals surface area contributed by atoms with E-state index in [-0.39, 0.29) is 17.0 Å². The van der Waals surface area contributed by atoms with Crippen LogP contribution in [0.15, 0.2) is 45.8 Å². The third-order valence-electron chi connectivity index (χ3n) is 4.01. The molecule has 0 bridgehead atoms. The minimum absolute atomic E-state index is 0.1000. The van der Waals surface area contributed by atoms with Gasteiger partial charge in [0.05, 0.1) is 11.4 Å². The van der Waals surface area contributed by atoms with E-state index in [2.05, 4.69) is 21.2 Å². The van der Waals surface area contributed by atoms with Crippen molar-refractivity contribution < 1.29 is 18.0 Å². The number of likely N-dealkylation sites (N-methyl/N-ethyl adjacent to an activating group) is 1. The SMILES string of the molecule is Cc1cc(Br)ccc1NC(=O)CN(C)S(=O)(=O)c1ccc(C)c(C(N)=O)c1. The van der Waals surface area contributed by atoms with Gasteiger partial charge in [-0.25, -0.2) is 8.42 Å². The molecule has 0 aromatic heterocycles. The van der Waals surface area contributed by atoms with Crippen LogP contribution in [0.2, 0.25) is 0 Å². The Morgan fingerprint density at radius 3 is 2.37 bits per heavy atom. The van der Waals surface area contributed by atoms with Crippen LogP contribution < -0.4 is 11.1 Å². The van der Waals surface area contributed by atoms with Gasteiger partial charge in [0.15, 0.2) is 0 Å². The second-order valence-corrected chi connectivity index (χ2v) is 9.07. The van der Waals surface area contributed by atoms with E-state index in [1.807, 2.05) is 13.0 Å². The average Bonchev–Trinajstić information content (AvgIpc) is 2.57. The van der Waals surface area contributed by atoms with E-state index in [1.54, 1.807) is 19.1 Å². The van der Waals surface area contributed by atoms with Gasteiger partial charge in [-0.15, -0.1) is 0 Å². The summed E-state index contributed by atoms with van der Waals surface area (Å²) in [5, 5.41) is 2.69. The molecule has 0 aliphatic carbocycles. The van der Waals surface area contributed by atoms with Crippen LogP contribution in [0.1, 0.15) is 21.5 Å². The molecule has 2 aromatic carbocycles. The molecule has 0 aliphatic heterocycles. The van der Waals surface area contributed by atoms with Crippen LogP contribution in [0.25, 0.3) is 0 Å². The summed E-state index contributed by atoms with van der Waals surface area (Å²) >= 11 is 3.34. The molecule has 2 rings (SSSR count). The van der Waals surface area contributed by atoms with E-state index >= 15 is 0 Å². The van der Waals surface area contributed by atoms with Crippen molar-refractivity contribution in [2.75, 3.05) is 18.9 Å². The number of nitrogens with two attached hydrogens (primary N) is 1. The lowest BCUT2D eigenvalue weighted by molar-refractivity contribution is -0.116. The van der Waals surface area contributed by atoms with Crippen molar-refractivity contribution in [1.29, 1.82) is 0 Å². The maximum atomic E-state index is 12.7. The minimum atomic E-state index is -3.96. The number of carbonyl (C=O) groups excluding carboxylic acids is 2. The van der Waals surface area contributed by atoms with E-state index in [4.69, 9.17) is 5.73 Å². The first-order valence-electron chi connectivity index (χ1n) is 7.95. The van der Waals surface area contributed by atoms with Crippen molar-refractivity contribution in [3.63, 3.8) is 0 Å². The van der Waals surface area contributed by atoms with Crippen molar-refractivity contribution in [3.05, 3.63) is 57.6 Å². The maximum Gasteiger partial charge on any atom is 0.249 e. The van der Waals surface area contributed by atoms with Crippen LogP contribution in [0.5, 0.6) is 0 Å². The van der Waals surface area contributed by atoms with Gasteiger partial charge in [0.25, 0.3) is 0 Å². The highest BCUT2D eigenvalue weighted by atomic mass is 79.9. The van der Waals surface area contributed by atoms with Gasteiger partial charge in [-0.05, 0) is 55.3 Å². The zero-order chi connectivity index (χ0) is 20.4. The largest absolute Gasteiger partial charge is 0.366 e. The smallest absolute Gasteiger partial charge is 0.249 e. The molecule has 0 fully saturated rings. The Morgan fingerprint density at radius 2 is 1.78 bits per heavy atom. The summed E-state index contributed by atoms with van der Waals surface area (Å²) in [4.78, 5) is 23.6. The summed E-state index contributed by atoms with van der Waals surface area (Å²) in [6, 6.07) is 9.45. The van der Waals surface area contributed by atoms with E-state index in [9.17, 15) is 18.0 Å². The van der Waals surface area contributed by atoms with Gasteiger partial charge in [-0.1, -0.05) is 22.0 Å². The number of halogens is 1. The standard InChI is InChI=1S/C18H20BrN3O4S/c1-11-4-6-14(9-15(11)18(20)24)27(25,26)22(3)10-17(23)21-16-7-5-13(19)8-12(16)2/h4-9H,10H2,1-3H3,(H2,20,24)(H,21,23). The second kappa shape index (κ2) is 8.20. The minimum Gasteiger partial charge on any atom is -0.366 e. The number of benzene rings is 2. The lowest BCUT2D eigenvalue weighted by Gasteiger charge is -2.18. The second-order valence-electron chi connectivity index (χ2n) is 6.11. The highest BCUT2D eigenvalue weighted by molar-refractivity contribution is 9.10. The Labute approximate surface area is 166 Å². The van der Waals surface area contributed by atoms with Crippen molar-refractivity contribution >= 4 is 43.5 Å². The van der Waals surface area contributed by atoms with Gasteiger partial charge in [0, 0.05) is 22.8 Å². The molecular weight excluding hydrogens is 434 g/mol. The number of amides is 2. The molecular formula is C18H20BrN3O4S. The number of aryl methyl sites for hydroxylation is 2. The van der Waals surface area contributed by atoms with Crippen LogP contribution in [0.3, 0.4) is 0 Å². The quantitative estimate of drug-likeness (QED) is 0.699. The predicted molar refractivity (Wildman–Crippen MR) is 107 cm³/mol. The molecule has 0 radical (unpaired) electrons. The number of carbonyl (C=O) groups is 2. The highest BCUT2D eigenvalue weighted by Gasteiger charge is 2.24. The number of hydrogen-bond donors (Lipinski definition) is 2. The summed E-state index contributed by atoms with van der Waals surface area (Å²) in [5.41, 5.74) is 7.42. The van der Waals surface area contributed by atoms with Crippen LogP contribution in [0, 0.1) is 13.8 Å². The predicted octanol–water partition coefficient (Wildman–Crippen LogP) is 2.42. The van der Waals surface area contributed by atoms with Gasteiger partial charge in [0.1, 0.15) is 0 Å². The molecule has 0 aliphatic rings. The van der Waals surface area contributed by atoms with Crippen molar-refractivity contribution in [1.82, 2.24) is 4.31 Å². The van der Waals surface area contributed by atoms with E-state index < -0.39 is 21.8 Å². The monoisotopic (exact) mass is 453 g/mol. The Bertz CT molecular complexity index is 1010. The Balaban J connectivity index is 2.18. The number of sulfonamides is 1. The Kier molecular flexibility index (Phi) is 6.40. The molecule has 27 heavy (non-hydrogen) atoms. The molecule has 2 aromatic rings. The molecule has 2 amide bonds. The summed E-state index contributed by atoms with van der Waals surface area (Å²) in [6.07, 6.45) is 0. The number of nitrogens with zero attached hydrogens (tertiary/aromatic N) is 1. The molecule has 9 heteroatoms. The van der Waals surface area contributed by atoms with Crippen LogP contribution >= 0.6 is 15.9 Å². The normalized spacial score (nSPS) is 11.4. The number of hydrogen-bond acceptors (Lipinski definition) is 4. The number of nitrogens with one attached hydrogen (secondary N) is 1. The van der Waals surface area contributed by atoms with Crippen LogP contribution in [-0.2, 0) is 14.8 Å². The fourth-order valence-electron chi connectivity index (χ4n) is 2.45. The molecule has 7 nitrogen and oxygen atoms in total. The van der Waals surface area contributed by atoms with Crippen molar-refractivity contribution in [2.24, 2.45) is 5.73 Å². The molecule has 0 unspecified atom stereocenters. The van der Waals surface area contributed by atoms with Crippen molar-refractivity contribution in [3.8, 4) is 0 Å². The molecule has 0 spiro atoms. The lowest BCUT2D eigenvalue weighted by atomic mass is 10.1. The molecule has 0 atom stereocenters. The topological polar surface area (TPSA) is 110 Å². The van der Waals surface area contributed by atoms with E-state index in [0.29, 0.717) is 11.3 Å². The summed E-state index contributed by atoms with van der Waals surface area (Å²) in [6.45, 7) is 3.12. The van der Waals surface area contributed by atoms with Gasteiger partial charge in [-0.2, -0.15) is 4.31 Å². The molecule has 3 N–H and O–H groups in total. The summed E-state index contributed by atoms with van der Waals surface area (Å²) in [7, 11) is -2.66. The van der Waals surface area contributed by atoms with E-state index in [0.717, 1.165) is 14.3 Å². The molecule has 0 saturated carbocycles. The first-order valence-corrected chi connectivity index (χ1v) is 10.2. The Morgan fingerprint density at radius 1 is 1.11 bits per heavy atom. The molecule has 0 heterocycles. The van der Waals surface area contributed by atoms with Gasteiger partial charge < -0.3 is 11.1 Å². The first kappa shape index (κ1) is 21.1. The number of rotatable bonds is 6. The average molecular weight is 454 g/mol. The molecule has 144 valence electrons. The maximum absolute atomic E-state index is 12.7. The van der Waals surface area contributed by atoms with E-state index in [1.165, 1.54) is 25.2 Å². The van der Waals surface area contributed by atoms with Gasteiger partial charge in [-0.3, -0.25) is 9.59 Å². The van der Waals surface area contributed by atoms with Gasteiger partial charge >= 0.3 is 0 Å². The molecule has 0 saturated heterocycles. The summed E-state index contributed by atoms with van der Waals surface area (Å²) in [5.74, 6) is -1.19. The number of primary amides is 1. The zero-order valence-corrected chi connectivity index (χ0v) is 17.5. The van der Waals surface area contributed by atoms with Crippen LogP contribution in [0.4, 0.5) is 5.69 Å².